The van der Waals surface area contributed by atoms with Gasteiger partial charge in [-0.05, 0) is 36.2 Å². The van der Waals surface area contributed by atoms with Gasteiger partial charge in [0.2, 0.25) is 5.88 Å². The molecule has 2 aromatic heterocycles. The molecule has 3 aromatic rings. The second kappa shape index (κ2) is 8.52. The van der Waals surface area contributed by atoms with Gasteiger partial charge < -0.3 is 14.8 Å². The molecular weight excluding hydrogens is 387 g/mol. The molecule has 1 aliphatic rings. The number of ether oxygens (including phenoxy) is 2. The summed E-state index contributed by atoms with van der Waals surface area (Å²) in [5.41, 5.74) is 2.09. The molecule has 4 rings (SSSR count). The SMILES string of the molecule is COc1ccc(CNc2cc(OCC3C[C@H]3c3ccc(F)cn3)nn(C)c2=O)cc1. The maximum Gasteiger partial charge on any atom is 0.290 e. The van der Waals surface area contributed by atoms with Crippen molar-refractivity contribution in [2.75, 3.05) is 19.0 Å². The number of aromatic nitrogens is 3. The van der Waals surface area contributed by atoms with Crippen LogP contribution in [0.2, 0.25) is 0 Å². The lowest BCUT2D eigenvalue weighted by atomic mass is 10.2. The quantitative estimate of drug-likeness (QED) is 0.615. The third-order valence-corrected chi connectivity index (χ3v) is 5.18. The van der Waals surface area contributed by atoms with E-state index in [1.807, 2.05) is 24.3 Å². The van der Waals surface area contributed by atoms with Gasteiger partial charge in [-0.2, -0.15) is 0 Å². The molecule has 0 amide bonds. The van der Waals surface area contributed by atoms with Crippen LogP contribution in [0.25, 0.3) is 0 Å². The van der Waals surface area contributed by atoms with Crippen molar-refractivity contribution in [3.63, 3.8) is 0 Å². The third-order valence-electron chi connectivity index (χ3n) is 5.18. The average Bonchev–Trinajstić information content (AvgIpc) is 3.54. The number of hydrogen-bond acceptors (Lipinski definition) is 6. The summed E-state index contributed by atoms with van der Waals surface area (Å²) in [6.07, 6.45) is 2.17. The molecule has 7 nitrogen and oxygen atoms in total. The monoisotopic (exact) mass is 410 g/mol. The number of methoxy groups -OCH3 is 1. The molecule has 0 radical (unpaired) electrons. The van der Waals surface area contributed by atoms with Crippen LogP contribution < -0.4 is 20.3 Å². The minimum Gasteiger partial charge on any atom is -0.497 e. The van der Waals surface area contributed by atoms with Gasteiger partial charge in [-0.3, -0.25) is 9.78 Å². The first-order valence-electron chi connectivity index (χ1n) is 9.73. The predicted octanol–water partition coefficient (Wildman–Crippen LogP) is 3.12. The van der Waals surface area contributed by atoms with Crippen LogP contribution in [0.3, 0.4) is 0 Å². The fourth-order valence-electron chi connectivity index (χ4n) is 3.31. The Morgan fingerprint density at radius 1 is 1.23 bits per heavy atom. The van der Waals surface area contributed by atoms with Gasteiger partial charge in [-0.25, -0.2) is 9.07 Å². The minimum absolute atomic E-state index is 0.226. The summed E-state index contributed by atoms with van der Waals surface area (Å²) in [5, 5.41) is 7.33. The largest absolute Gasteiger partial charge is 0.497 e. The van der Waals surface area contributed by atoms with Gasteiger partial charge in [0, 0.05) is 37.2 Å². The van der Waals surface area contributed by atoms with Gasteiger partial charge in [0.15, 0.2) is 0 Å². The van der Waals surface area contributed by atoms with Gasteiger partial charge >= 0.3 is 0 Å². The first-order valence-corrected chi connectivity index (χ1v) is 9.73. The van der Waals surface area contributed by atoms with E-state index in [1.165, 1.54) is 16.9 Å². The normalized spacial score (nSPS) is 17.4. The lowest BCUT2D eigenvalue weighted by Gasteiger charge is -2.11. The molecule has 1 N–H and O–H groups in total. The number of anilines is 1. The molecule has 0 aliphatic heterocycles. The van der Waals surface area contributed by atoms with Gasteiger partial charge in [0.05, 0.1) is 19.9 Å². The van der Waals surface area contributed by atoms with E-state index in [9.17, 15) is 9.18 Å². The highest BCUT2D eigenvalue weighted by Crippen LogP contribution is 2.46. The summed E-state index contributed by atoms with van der Waals surface area (Å²) in [7, 11) is 3.21. The topological polar surface area (TPSA) is 78.3 Å². The Morgan fingerprint density at radius 2 is 2.03 bits per heavy atom. The third kappa shape index (κ3) is 4.59. The number of hydrogen-bond donors (Lipinski definition) is 1. The summed E-state index contributed by atoms with van der Waals surface area (Å²) in [6, 6.07) is 12.4. The molecule has 2 atom stereocenters. The van der Waals surface area contributed by atoms with Crippen LogP contribution >= 0.6 is 0 Å². The van der Waals surface area contributed by atoms with E-state index >= 15 is 0 Å². The maximum atomic E-state index is 13.0. The number of halogens is 1. The molecule has 0 bridgehead atoms. The summed E-state index contributed by atoms with van der Waals surface area (Å²) in [4.78, 5) is 16.5. The second-order valence-electron chi connectivity index (χ2n) is 7.34. The maximum absolute atomic E-state index is 13.0. The van der Waals surface area contributed by atoms with Gasteiger partial charge in [0.1, 0.15) is 17.3 Å². The Kier molecular flexibility index (Phi) is 5.65. The zero-order chi connectivity index (χ0) is 21.1. The van der Waals surface area contributed by atoms with E-state index in [0.29, 0.717) is 30.6 Å². The Labute approximate surface area is 173 Å². The highest BCUT2D eigenvalue weighted by Gasteiger charge is 2.40. The molecule has 8 heteroatoms. The molecule has 1 saturated carbocycles. The summed E-state index contributed by atoms with van der Waals surface area (Å²) in [5.74, 6) is 1.40. The van der Waals surface area contributed by atoms with Gasteiger partial charge in [0.25, 0.3) is 5.56 Å². The summed E-state index contributed by atoms with van der Waals surface area (Å²) >= 11 is 0. The minimum atomic E-state index is -0.337. The molecule has 2 heterocycles. The molecule has 156 valence electrons. The molecule has 1 aliphatic carbocycles. The van der Waals surface area contributed by atoms with Gasteiger partial charge in [-0.1, -0.05) is 12.1 Å². The van der Waals surface area contributed by atoms with Crippen LogP contribution in [0.5, 0.6) is 11.6 Å². The molecule has 0 spiro atoms. The Bertz CT molecular complexity index is 1070. The van der Waals surface area contributed by atoms with Crippen LogP contribution in [0, 0.1) is 11.7 Å². The van der Waals surface area contributed by atoms with Crippen LogP contribution in [-0.2, 0) is 13.6 Å². The smallest absolute Gasteiger partial charge is 0.290 e. The summed E-state index contributed by atoms with van der Waals surface area (Å²) in [6.45, 7) is 0.955. The van der Waals surface area contributed by atoms with Crippen molar-refractivity contribution >= 4 is 5.69 Å². The van der Waals surface area contributed by atoms with Crippen molar-refractivity contribution in [1.29, 1.82) is 0 Å². The zero-order valence-corrected chi connectivity index (χ0v) is 16.8. The molecule has 1 fully saturated rings. The standard InChI is InChI=1S/C22H23FN4O3/c1-27-22(28)20(24-11-14-3-6-17(29-2)7-4-14)10-21(26-27)30-13-15-9-18(15)19-8-5-16(23)12-25-19/h3-8,10,12,15,18,24H,9,11,13H2,1-2H3/t15?,18-/m1/s1. The van der Waals surface area contributed by atoms with E-state index in [4.69, 9.17) is 9.47 Å². The second-order valence-corrected chi connectivity index (χ2v) is 7.34. The van der Waals surface area contributed by atoms with E-state index in [1.54, 1.807) is 26.3 Å². The fraction of sp³-hybridized carbons (Fsp3) is 0.318. The molecular formula is C22H23FN4O3. The number of nitrogens with one attached hydrogen (secondary N) is 1. The van der Waals surface area contributed by atoms with Crippen LogP contribution in [-0.4, -0.2) is 28.5 Å². The Morgan fingerprint density at radius 3 is 2.73 bits per heavy atom. The number of rotatable bonds is 8. The van der Waals surface area contributed by atoms with Crippen molar-refractivity contribution in [2.45, 2.75) is 18.9 Å². The van der Waals surface area contributed by atoms with Crippen LogP contribution in [0.4, 0.5) is 10.1 Å². The molecule has 1 aromatic carbocycles. The summed E-state index contributed by atoms with van der Waals surface area (Å²) < 4.78 is 25.3. The first-order chi connectivity index (χ1) is 14.5. The average molecular weight is 410 g/mol. The number of aryl methyl sites for hydroxylation is 1. The fourth-order valence-corrected chi connectivity index (χ4v) is 3.31. The molecule has 30 heavy (non-hydrogen) atoms. The Hall–Kier alpha value is -3.42. The lowest BCUT2D eigenvalue weighted by molar-refractivity contribution is 0.278. The van der Waals surface area contributed by atoms with E-state index in [2.05, 4.69) is 15.4 Å². The van der Waals surface area contributed by atoms with Crippen LogP contribution in [0.1, 0.15) is 23.6 Å². The van der Waals surface area contributed by atoms with Crippen LogP contribution in [0.15, 0.2) is 53.5 Å². The van der Waals surface area contributed by atoms with Crippen molar-refractivity contribution in [3.05, 3.63) is 76.1 Å². The van der Waals surface area contributed by atoms with Gasteiger partial charge in [-0.15, -0.1) is 5.10 Å². The highest BCUT2D eigenvalue weighted by atomic mass is 19.1. The van der Waals surface area contributed by atoms with E-state index in [-0.39, 0.29) is 17.3 Å². The molecule has 0 saturated heterocycles. The lowest BCUT2D eigenvalue weighted by Crippen LogP contribution is -2.24. The number of nitrogens with zero attached hydrogens (tertiary/aromatic N) is 3. The van der Waals surface area contributed by atoms with E-state index < -0.39 is 0 Å². The van der Waals surface area contributed by atoms with Crippen molar-refractivity contribution < 1.29 is 13.9 Å². The number of benzene rings is 1. The van der Waals surface area contributed by atoms with Crippen molar-refractivity contribution in [1.82, 2.24) is 14.8 Å². The predicted molar refractivity (Wildman–Crippen MR) is 110 cm³/mol. The van der Waals surface area contributed by atoms with E-state index in [0.717, 1.165) is 23.4 Å². The molecule has 1 unspecified atom stereocenters. The Balaban J connectivity index is 1.36. The van der Waals surface area contributed by atoms with Crippen molar-refractivity contribution in [2.24, 2.45) is 13.0 Å². The highest BCUT2D eigenvalue weighted by molar-refractivity contribution is 5.44. The number of pyridine rings is 1. The zero-order valence-electron chi connectivity index (χ0n) is 16.8. The van der Waals surface area contributed by atoms with Crippen molar-refractivity contribution in [3.8, 4) is 11.6 Å². The first kappa shape index (κ1) is 19.9.